The highest BCUT2D eigenvalue weighted by Gasteiger charge is 2.10. The lowest BCUT2D eigenvalue weighted by atomic mass is 10.3. The molecule has 0 saturated carbocycles. The van der Waals surface area contributed by atoms with Crippen LogP contribution < -0.4 is 0 Å². The van der Waals surface area contributed by atoms with Gasteiger partial charge in [0.05, 0.1) is 22.1 Å². The van der Waals surface area contributed by atoms with E-state index in [1.165, 1.54) is 0 Å². The van der Waals surface area contributed by atoms with Crippen molar-refractivity contribution < 1.29 is 4.21 Å². The predicted octanol–water partition coefficient (Wildman–Crippen LogP) is 1.66. The van der Waals surface area contributed by atoms with E-state index in [9.17, 15) is 4.21 Å². The molecule has 0 amide bonds. The Balaban J connectivity index is 1.88. The van der Waals surface area contributed by atoms with Crippen molar-refractivity contribution in [3.05, 3.63) is 48.4 Å². The molecular formula is C12H10N4OS. The molecule has 1 atom stereocenters. The summed E-state index contributed by atoms with van der Waals surface area (Å²) in [5, 5.41) is 0.451. The fraction of sp³-hybridized carbons (Fsp3) is 0.0833. The second-order valence-electron chi connectivity index (χ2n) is 3.77. The fourth-order valence-electron chi connectivity index (χ4n) is 1.63. The van der Waals surface area contributed by atoms with E-state index in [1.807, 2.05) is 24.3 Å². The van der Waals surface area contributed by atoms with Gasteiger partial charge in [0.15, 0.2) is 10.8 Å². The molecule has 3 aromatic heterocycles. The van der Waals surface area contributed by atoms with Crippen molar-refractivity contribution in [3.63, 3.8) is 0 Å². The lowest BCUT2D eigenvalue weighted by Gasteiger charge is -1.97. The van der Waals surface area contributed by atoms with E-state index in [-0.39, 0.29) is 0 Å². The van der Waals surface area contributed by atoms with Gasteiger partial charge in [-0.05, 0) is 23.8 Å². The number of rotatable bonds is 3. The highest BCUT2D eigenvalue weighted by Crippen LogP contribution is 2.13. The molecule has 0 bridgehead atoms. The van der Waals surface area contributed by atoms with Crippen LogP contribution in [-0.4, -0.2) is 24.1 Å². The van der Waals surface area contributed by atoms with Gasteiger partial charge in [-0.3, -0.25) is 9.19 Å². The Morgan fingerprint density at radius 2 is 2.11 bits per heavy atom. The minimum Gasteiger partial charge on any atom is -0.329 e. The molecule has 6 heteroatoms. The molecule has 0 aliphatic carbocycles. The van der Waals surface area contributed by atoms with E-state index >= 15 is 0 Å². The van der Waals surface area contributed by atoms with Gasteiger partial charge in [0.2, 0.25) is 0 Å². The average Bonchev–Trinajstić information content (AvgIpc) is 2.84. The molecule has 18 heavy (non-hydrogen) atoms. The van der Waals surface area contributed by atoms with Crippen LogP contribution in [0.3, 0.4) is 0 Å². The maximum Gasteiger partial charge on any atom is 0.199 e. The first-order valence-corrected chi connectivity index (χ1v) is 6.73. The van der Waals surface area contributed by atoms with Gasteiger partial charge in [-0.25, -0.2) is 9.97 Å². The van der Waals surface area contributed by atoms with E-state index in [0.29, 0.717) is 16.6 Å². The molecule has 1 unspecified atom stereocenters. The van der Waals surface area contributed by atoms with Crippen LogP contribution in [-0.2, 0) is 16.6 Å². The summed E-state index contributed by atoms with van der Waals surface area (Å²) in [5.74, 6) is 0.396. The van der Waals surface area contributed by atoms with E-state index < -0.39 is 10.8 Å². The number of aromatic nitrogens is 4. The van der Waals surface area contributed by atoms with Crippen molar-refractivity contribution in [2.45, 2.75) is 10.9 Å². The third kappa shape index (κ3) is 2.14. The first kappa shape index (κ1) is 11.0. The van der Waals surface area contributed by atoms with Crippen LogP contribution in [0.25, 0.3) is 11.2 Å². The Hall–Kier alpha value is -2.08. The largest absolute Gasteiger partial charge is 0.329 e. The summed E-state index contributed by atoms with van der Waals surface area (Å²) >= 11 is 0. The van der Waals surface area contributed by atoms with Gasteiger partial charge in [0.1, 0.15) is 0 Å². The van der Waals surface area contributed by atoms with Crippen LogP contribution >= 0.6 is 0 Å². The highest BCUT2D eigenvalue weighted by atomic mass is 32.2. The Labute approximate surface area is 106 Å². The normalized spacial score (nSPS) is 12.7. The average molecular weight is 258 g/mol. The minimum atomic E-state index is -1.21. The van der Waals surface area contributed by atoms with Crippen molar-refractivity contribution in [3.8, 4) is 0 Å². The fourth-order valence-corrected chi connectivity index (χ4v) is 2.66. The monoisotopic (exact) mass is 258 g/mol. The molecule has 3 heterocycles. The Bertz CT molecular complexity index is 662. The van der Waals surface area contributed by atoms with Gasteiger partial charge in [-0.1, -0.05) is 6.07 Å². The molecule has 90 valence electrons. The van der Waals surface area contributed by atoms with Gasteiger partial charge >= 0.3 is 0 Å². The van der Waals surface area contributed by atoms with Gasteiger partial charge in [0.25, 0.3) is 0 Å². The minimum absolute atomic E-state index is 0.396. The van der Waals surface area contributed by atoms with Crippen molar-refractivity contribution in [1.29, 1.82) is 0 Å². The standard InChI is InChI=1S/C12H10N4OS/c17-18(8-9-3-1-5-13-7-9)12-15-10-4-2-6-14-11(10)16-12/h1-7H,8H2,(H,14,15,16). The Morgan fingerprint density at radius 3 is 2.89 bits per heavy atom. The highest BCUT2D eigenvalue weighted by molar-refractivity contribution is 7.84. The van der Waals surface area contributed by atoms with Gasteiger partial charge in [0, 0.05) is 18.6 Å². The SMILES string of the molecule is O=S(Cc1cccnc1)c1nc2ncccc2[nH]1. The first-order valence-electron chi connectivity index (χ1n) is 5.41. The summed E-state index contributed by atoms with van der Waals surface area (Å²) in [6.07, 6.45) is 5.06. The number of fused-ring (bicyclic) bond motifs is 1. The molecule has 5 nitrogen and oxygen atoms in total. The number of nitrogens with one attached hydrogen (secondary N) is 1. The smallest absolute Gasteiger partial charge is 0.199 e. The van der Waals surface area contributed by atoms with E-state index in [1.54, 1.807) is 18.6 Å². The zero-order valence-corrected chi connectivity index (χ0v) is 10.2. The van der Waals surface area contributed by atoms with Crippen LogP contribution in [0.15, 0.2) is 48.0 Å². The molecule has 0 aromatic carbocycles. The molecule has 0 aliphatic heterocycles. The molecule has 0 radical (unpaired) electrons. The number of nitrogens with zero attached hydrogens (tertiary/aromatic N) is 3. The molecule has 1 N–H and O–H groups in total. The maximum atomic E-state index is 12.1. The van der Waals surface area contributed by atoms with Crippen LogP contribution in [0, 0.1) is 0 Å². The molecule has 0 fully saturated rings. The van der Waals surface area contributed by atoms with Crippen molar-refractivity contribution in [2.24, 2.45) is 0 Å². The number of pyridine rings is 2. The van der Waals surface area contributed by atoms with E-state index in [4.69, 9.17) is 0 Å². The molecule has 0 spiro atoms. The first-order chi connectivity index (χ1) is 8.83. The van der Waals surface area contributed by atoms with Crippen LogP contribution in [0.1, 0.15) is 5.56 Å². The summed E-state index contributed by atoms with van der Waals surface area (Å²) in [6.45, 7) is 0. The number of imidazole rings is 1. The molecule has 0 saturated heterocycles. The molecule has 0 aliphatic rings. The van der Waals surface area contributed by atoms with Crippen LogP contribution in [0.5, 0.6) is 0 Å². The van der Waals surface area contributed by atoms with Crippen LogP contribution in [0.2, 0.25) is 0 Å². The van der Waals surface area contributed by atoms with Gasteiger partial charge in [-0.2, -0.15) is 0 Å². The quantitative estimate of drug-likeness (QED) is 0.775. The van der Waals surface area contributed by atoms with Gasteiger partial charge in [-0.15, -0.1) is 0 Å². The number of hydrogen-bond acceptors (Lipinski definition) is 4. The van der Waals surface area contributed by atoms with E-state index in [2.05, 4.69) is 19.9 Å². The van der Waals surface area contributed by atoms with E-state index in [0.717, 1.165) is 11.1 Å². The van der Waals surface area contributed by atoms with Crippen molar-refractivity contribution in [1.82, 2.24) is 19.9 Å². The van der Waals surface area contributed by atoms with Gasteiger partial charge < -0.3 is 4.98 Å². The second-order valence-corrected chi connectivity index (χ2v) is 5.13. The van der Waals surface area contributed by atoms with Crippen molar-refractivity contribution in [2.75, 3.05) is 0 Å². The molecular weight excluding hydrogens is 248 g/mol. The maximum absolute atomic E-state index is 12.1. The van der Waals surface area contributed by atoms with Crippen LogP contribution in [0.4, 0.5) is 0 Å². The lowest BCUT2D eigenvalue weighted by molar-refractivity contribution is 0.677. The summed E-state index contributed by atoms with van der Waals surface area (Å²) in [4.78, 5) is 15.3. The summed E-state index contributed by atoms with van der Waals surface area (Å²) in [5.41, 5.74) is 2.31. The predicted molar refractivity (Wildman–Crippen MR) is 68.2 cm³/mol. The zero-order valence-electron chi connectivity index (χ0n) is 9.41. The molecule has 3 aromatic rings. The summed E-state index contributed by atoms with van der Waals surface area (Å²) < 4.78 is 12.1. The third-order valence-corrected chi connectivity index (χ3v) is 3.69. The van der Waals surface area contributed by atoms with Crippen molar-refractivity contribution >= 4 is 22.0 Å². The number of aromatic amines is 1. The lowest BCUT2D eigenvalue weighted by Crippen LogP contribution is -1.98. The topological polar surface area (TPSA) is 71.5 Å². The molecule has 3 rings (SSSR count). The third-order valence-electron chi connectivity index (χ3n) is 2.47. The number of hydrogen-bond donors (Lipinski definition) is 1. The Morgan fingerprint density at radius 1 is 1.22 bits per heavy atom. The second kappa shape index (κ2) is 4.66. The summed E-state index contributed by atoms with van der Waals surface area (Å²) in [6, 6.07) is 7.40. The zero-order chi connectivity index (χ0) is 12.4. The number of H-pyrrole nitrogens is 1. The Kier molecular flexibility index (Phi) is 2.85. The summed E-state index contributed by atoms with van der Waals surface area (Å²) in [7, 11) is -1.21.